The van der Waals surface area contributed by atoms with Crippen LogP contribution in [0.1, 0.15) is 28.7 Å². The van der Waals surface area contributed by atoms with E-state index in [1.807, 2.05) is 6.92 Å². The van der Waals surface area contributed by atoms with Crippen molar-refractivity contribution < 1.29 is 27.3 Å². The topological polar surface area (TPSA) is 116 Å². The third-order valence-electron chi connectivity index (χ3n) is 3.35. The summed E-state index contributed by atoms with van der Waals surface area (Å²) in [5.74, 6) is -0.968. The highest BCUT2D eigenvalue weighted by atomic mass is 32.2. The van der Waals surface area contributed by atoms with Gasteiger partial charge in [-0.3, -0.25) is 4.79 Å². The monoisotopic (exact) mass is 366 g/mol. The van der Waals surface area contributed by atoms with Crippen LogP contribution in [0.2, 0.25) is 0 Å². The molecule has 8 nitrogen and oxygen atoms in total. The number of carbonyl (C=O) groups is 2. The zero-order valence-electron chi connectivity index (χ0n) is 14.0. The molecule has 0 unspecified atom stereocenters. The first-order chi connectivity index (χ1) is 11.7. The molecule has 1 N–H and O–H groups in total. The third kappa shape index (κ3) is 4.66. The smallest absolute Gasteiger partial charge is 0.344 e. The van der Waals surface area contributed by atoms with Gasteiger partial charge in [0.2, 0.25) is 0 Å². The van der Waals surface area contributed by atoms with Crippen LogP contribution in [0.3, 0.4) is 0 Å². The largest absolute Gasteiger partial charge is 0.452 e. The van der Waals surface area contributed by atoms with E-state index in [1.165, 1.54) is 24.3 Å². The van der Waals surface area contributed by atoms with E-state index in [0.717, 1.165) is 6.26 Å². The summed E-state index contributed by atoms with van der Waals surface area (Å²) < 4.78 is 32.9. The number of amides is 1. The summed E-state index contributed by atoms with van der Waals surface area (Å²) in [6, 6.07) is 5.79. The molecule has 0 radical (unpaired) electrons. The lowest BCUT2D eigenvalue weighted by Gasteiger charge is -2.08. The predicted octanol–water partition coefficient (Wildman–Crippen LogP) is 1.74. The van der Waals surface area contributed by atoms with Gasteiger partial charge in [-0.05, 0) is 31.5 Å². The number of carbonyl (C=O) groups excluding carboxylic acids is 2. The highest BCUT2D eigenvalue weighted by Crippen LogP contribution is 2.16. The molecule has 0 aliphatic rings. The number of aromatic nitrogens is 1. The van der Waals surface area contributed by atoms with Gasteiger partial charge in [0, 0.05) is 11.9 Å². The van der Waals surface area contributed by atoms with E-state index in [-0.39, 0.29) is 10.5 Å². The van der Waals surface area contributed by atoms with Gasteiger partial charge < -0.3 is 14.6 Å². The molecule has 0 saturated heterocycles. The van der Waals surface area contributed by atoms with E-state index in [2.05, 4.69) is 10.5 Å². The SMILES string of the molecule is CCc1noc(C)c1C(=O)OCC(=O)Nc1cccc(S(C)(=O)=O)c1. The Bertz CT molecular complexity index is 901. The summed E-state index contributed by atoms with van der Waals surface area (Å²) >= 11 is 0. The van der Waals surface area contributed by atoms with Crippen LogP contribution in [0.15, 0.2) is 33.7 Å². The van der Waals surface area contributed by atoms with Crippen molar-refractivity contribution in [2.45, 2.75) is 25.2 Å². The highest BCUT2D eigenvalue weighted by Gasteiger charge is 2.21. The van der Waals surface area contributed by atoms with Crippen molar-refractivity contribution >= 4 is 27.4 Å². The number of nitrogens with zero attached hydrogens (tertiary/aromatic N) is 1. The normalized spacial score (nSPS) is 11.2. The summed E-state index contributed by atoms with van der Waals surface area (Å²) in [5.41, 5.74) is 0.970. The zero-order chi connectivity index (χ0) is 18.6. The fourth-order valence-corrected chi connectivity index (χ4v) is 2.79. The molecule has 1 aromatic heterocycles. The number of hydrogen-bond donors (Lipinski definition) is 1. The Morgan fingerprint density at radius 3 is 2.68 bits per heavy atom. The van der Waals surface area contributed by atoms with Gasteiger partial charge in [-0.25, -0.2) is 13.2 Å². The number of benzene rings is 1. The minimum atomic E-state index is -3.38. The van der Waals surface area contributed by atoms with Crippen LogP contribution in [0.4, 0.5) is 5.69 Å². The number of nitrogens with one attached hydrogen (secondary N) is 1. The molecule has 0 atom stereocenters. The second kappa shape index (κ2) is 7.47. The highest BCUT2D eigenvalue weighted by molar-refractivity contribution is 7.90. The van der Waals surface area contributed by atoms with Gasteiger partial charge in [-0.15, -0.1) is 0 Å². The fourth-order valence-electron chi connectivity index (χ4n) is 2.13. The Kier molecular flexibility index (Phi) is 5.58. The molecule has 2 rings (SSSR count). The van der Waals surface area contributed by atoms with Gasteiger partial charge in [0.05, 0.1) is 10.6 Å². The molecule has 1 amide bonds. The maximum atomic E-state index is 12.1. The summed E-state index contributed by atoms with van der Waals surface area (Å²) in [6.07, 6.45) is 1.56. The summed E-state index contributed by atoms with van der Waals surface area (Å²) in [4.78, 5) is 24.1. The van der Waals surface area contributed by atoms with E-state index in [1.54, 1.807) is 6.92 Å². The summed E-state index contributed by atoms with van der Waals surface area (Å²) in [6.45, 7) is 2.88. The van der Waals surface area contributed by atoms with Crippen LogP contribution in [0.25, 0.3) is 0 Å². The summed E-state index contributed by atoms with van der Waals surface area (Å²) in [5, 5.41) is 6.23. The van der Waals surface area contributed by atoms with Gasteiger partial charge in [0.15, 0.2) is 16.4 Å². The second-order valence-corrected chi connectivity index (χ2v) is 7.35. The molecule has 0 fully saturated rings. The van der Waals surface area contributed by atoms with Gasteiger partial charge in [-0.2, -0.15) is 0 Å². The van der Waals surface area contributed by atoms with Crippen LogP contribution in [-0.2, 0) is 25.8 Å². The second-order valence-electron chi connectivity index (χ2n) is 5.34. The standard InChI is InChI=1S/C16H18N2O6S/c1-4-13-15(10(2)24-18-13)16(20)23-9-14(19)17-11-6-5-7-12(8-11)25(3,21)22/h5-8H,4,9H2,1-3H3,(H,17,19). The Hall–Kier alpha value is -2.68. The number of sulfone groups is 1. The van der Waals surface area contributed by atoms with Crippen LogP contribution in [0, 0.1) is 6.92 Å². The predicted molar refractivity (Wildman–Crippen MR) is 89.1 cm³/mol. The molecule has 1 aromatic carbocycles. The zero-order valence-corrected chi connectivity index (χ0v) is 14.8. The average molecular weight is 366 g/mol. The van der Waals surface area contributed by atoms with Crippen molar-refractivity contribution in [3.8, 4) is 0 Å². The van der Waals surface area contributed by atoms with E-state index in [0.29, 0.717) is 23.6 Å². The molecular weight excluding hydrogens is 348 g/mol. The molecular formula is C16H18N2O6S. The first-order valence-electron chi connectivity index (χ1n) is 7.44. The molecule has 134 valence electrons. The van der Waals surface area contributed by atoms with E-state index in [9.17, 15) is 18.0 Å². The molecule has 0 bridgehead atoms. The van der Waals surface area contributed by atoms with Gasteiger partial charge in [0.1, 0.15) is 11.3 Å². The van der Waals surface area contributed by atoms with Crippen molar-refractivity contribution in [3.63, 3.8) is 0 Å². The van der Waals surface area contributed by atoms with E-state index >= 15 is 0 Å². The summed E-state index contributed by atoms with van der Waals surface area (Å²) in [7, 11) is -3.38. The maximum Gasteiger partial charge on any atom is 0.344 e. The quantitative estimate of drug-likeness (QED) is 0.774. The molecule has 1 heterocycles. The molecule has 0 spiro atoms. The van der Waals surface area contributed by atoms with Crippen molar-refractivity contribution in [3.05, 3.63) is 41.3 Å². The molecule has 25 heavy (non-hydrogen) atoms. The minimum absolute atomic E-state index is 0.0787. The molecule has 2 aromatic rings. The van der Waals surface area contributed by atoms with Crippen molar-refractivity contribution in [2.75, 3.05) is 18.2 Å². The van der Waals surface area contributed by atoms with E-state index < -0.39 is 28.3 Å². The van der Waals surface area contributed by atoms with Crippen molar-refractivity contribution in [1.29, 1.82) is 0 Å². The number of rotatable bonds is 6. The maximum absolute atomic E-state index is 12.1. The van der Waals surface area contributed by atoms with Crippen LogP contribution < -0.4 is 5.32 Å². The number of aryl methyl sites for hydroxylation is 2. The lowest BCUT2D eigenvalue weighted by Crippen LogP contribution is -2.21. The molecule has 0 aliphatic carbocycles. The Morgan fingerprint density at radius 1 is 1.32 bits per heavy atom. The molecule has 9 heteroatoms. The first kappa shape index (κ1) is 18.7. The first-order valence-corrected chi connectivity index (χ1v) is 9.33. The number of ether oxygens (including phenoxy) is 1. The van der Waals surface area contributed by atoms with Crippen molar-refractivity contribution in [2.24, 2.45) is 0 Å². The Balaban J connectivity index is 1.99. The molecule has 0 aliphatic heterocycles. The lowest BCUT2D eigenvalue weighted by molar-refractivity contribution is -0.119. The van der Waals surface area contributed by atoms with Crippen molar-refractivity contribution in [1.82, 2.24) is 5.16 Å². The minimum Gasteiger partial charge on any atom is -0.452 e. The fraction of sp³-hybridized carbons (Fsp3) is 0.312. The lowest BCUT2D eigenvalue weighted by atomic mass is 10.1. The number of anilines is 1. The Labute approximate surface area is 145 Å². The average Bonchev–Trinajstić information content (AvgIpc) is 2.93. The number of hydrogen-bond acceptors (Lipinski definition) is 7. The van der Waals surface area contributed by atoms with Gasteiger partial charge in [0.25, 0.3) is 5.91 Å². The van der Waals surface area contributed by atoms with Crippen LogP contribution >= 0.6 is 0 Å². The van der Waals surface area contributed by atoms with Gasteiger partial charge >= 0.3 is 5.97 Å². The molecule has 0 saturated carbocycles. The third-order valence-corrected chi connectivity index (χ3v) is 4.46. The van der Waals surface area contributed by atoms with E-state index in [4.69, 9.17) is 9.26 Å². The van der Waals surface area contributed by atoms with Crippen LogP contribution in [-0.4, -0.2) is 38.3 Å². The van der Waals surface area contributed by atoms with Crippen LogP contribution in [0.5, 0.6) is 0 Å². The van der Waals surface area contributed by atoms with Gasteiger partial charge in [-0.1, -0.05) is 18.1 Å². The Morgan fingerprint density at radius 2 is 2.04 bits per heavy atom. The number of esters is 1.